The predicted molar refractivity (Wildman–Crippen MR) is 75.5 cm³/mol. The molecule has 6 nitrogen and oxygen atoms in total. The smallest absolute Gasteiger partial charge is 0.417 e. The number of para-hydroxylation sites is 1. The van der Waals surface area contributed by atoms with E-state index in [9.17, 15) is 14.7 Å². The summed E-state index contributed by atoms with van der Waals surface area (Å²) in [7, 11) is 1.18. The van der Waals surface area contributed by atoms with Crippen LogP contribution in [0.2, 0.25) is 0 Å². The van der Waals surface area contributed by atoms with E-state index in [1.165, 1.54) is 25.3 Å². The van der Waals surface area contributed by atoms with Gasteiger partial charge < -0.3 is 14.6 Å². The third-order valence-electron chi connectivity index (χ3n) is 2.62. The number of anilines is 1. The zero-order valence-electron chi connectivity index (χ0n) is 11.2. The normalized spacial score (nSPS) is 9.76. The fourth-order valence-electron chi connectivity index (χ4n) is 1.69. The lowest BCUT2D eigenvalue weighted by atomic mass is 10.1. The summed E-state index contributed by atoms with van der Waals surface area (Å²) in [6.07, 6.45) is -0.781. The van der Waals surface area contributed by atoms with E-state index in [-0.39, 0.29) is 17.0 Å². The first-order chi connectivity index (χ1) is 10.1. The molecular formula is C15H13NO5. The van der Waals surface area contributed by atoms with Crippen LogP contribution in [0, 0.1) is 0 Å². The maximum absolute atomic E-state index is 11.8. The minimum absolute atomic E-state index is 0.0998. The maximum atomic E-state index is 11.8. The number of phenols is 1. The highest BCUT2D eigenvalue weighted by atomic mass is 16.6. The second kappa shape index (κ2) is 6.42. The van der Waals surface area contributed by atoms with Gasteiger partial charge in [0.1, 0.15) is 17.1 Å². The van der Waals surface area contributed by atoms with Crippen LogP contribution in [0.4, 0.5) is 10.5 Å². The molecule has 0 aliphatic heterocycles. The monoisotopic (exact) mass is 287 g/mol. The Kier molecular flexibility index (Phi) is 4.40. The number of rotatable bonds is 3. The molecule has 0 aliphatic rings. The third-order valence-corrected chi connectivity index (χ3v) is 2.62. The fraction of sp³-hybridized carbons (Fsp3) is 0.0667. The summed E-state index contributed by atoms with van der Waals surface area (Å²) in [6, 6.07) is 12.7. The summed E-state index contributed by atoms with van der Waals surface area (Å²) < 4.78 is 9.61. The van der Waals surface area contributed by atoms with Crippen LogP contribution in [0.5, 0.6) is 11.5 Å². The highest BCUT2D eigenvalue weighted by Crippen LogP contribution is 2.26. The van der Waals surface area contributed by atoms with Gasteiger partial charge in [-0.05, 0) is 24.3 Å². The van der Waals surface area contributed by atoms with Gasteiger partial charge in [0.05, 0.1) is 12.8 Å². The highest BCUT2D eigenvalue weighted by molar-refractivity contribution is 6.02. The Balaban J connectivity index is 2.18. The first-order valence-electron chi connectivity index (χ1n) is 6.06. The van der Waals surface area contributed by atoms with Gasteiger partial charge in [0.25, 0.3) is 0 Å². The average Bonchev–Trinajstić information content (AvgIpc) is 2.47. The lowest BCUT2D eigenvalue weighted by molar-refractivity contribution is 0.0598. The molecule has 0 aliphatic carbocycles. The number of amides is 1. The van der Waals surface area contributed by atoms with E-state index < -0.39 is 12.1 Å². The van der Waals surface area contributed by atoms with Crippen LogP contribution in [-0.2, 0) is 4.74 Å². The molecule has 1 amide bonds. The van der Waals surface area contributed by atoms with E-state index in [0.29, 0.717) is 5.75 Å². The zero-order valence-corrected chi connectivity index (χ0v) is 11.2. The van der Waals surface area contributed by atoms with Crippen molar-refractivity contribution in [3.63, 3.8) is 0 Å². The van der Waals surface area contributed by atoms with Gasteiger partial charge in [-0.2, -0.15) is 0 Å². The second-order valence-corrected chi connectivity index (χ2v) is 4.02. The first-order valence-corrected chi connectivity index (χ1v) is 6.06. The molecule has 2 rings (SSSR count). The lowest BCUT2D eigenvalue weighted by Crippen LogP contribution is -2.19. The molecule has 0 radical (unpaired) electrons. The molecule has 2 N–H and O–H groups in total. The zero-order chi connectivity index (χ0) is 15.2. The molecule has 6 heteroatoms. The van der Waals surface area contributed by atoms with Crippen molar-refractivity contribution in [3.05, 3.63) is 54.1 Å². The summed E-state index contributed by atoms with van der Waals surface area (Å²) in [5.74, 6) is -0.697. The fourth-order valence-corrected chi connectivity index (χ4v) is 1.69. The van der Waals surface area contributed by atoms with E-state index in [0.717, 1.165) is 0 Å². The first kappa shape index (κ1) is 14.4. The molecule has 0 heterocycles. The number of nitrogens with one attached hydrogen (secondary N) is 1. The van der Waals surface area contributed by atoms with Gasteiger partial charge in [-0.15, -0.1) is 0 Å². The van der Waals surface area contributed by atoms with Gasteiger partial charge in [0.2, 0.25) is 0 Å². The number of aromatic hydroxyl groups is 1. The number of benzene rings is 2. The number of ether oxygens (including phenoxy) is 2. The molecule has 0 unspecified atom stereocenters. The van der Waals surface area contributed by atoms with Crippen LogP contribution >= 0.6 is 0 Å². The number of carbonyl (C=O) groups excluding carboxylic acids is 2. The largest absolute Gasteiger partial charge is 0.507 e. The van der Waals surface area contributed by atoms with Gasteiger partial charge in [-0.3, -0.25) is 5.32 Å². The van der Waals surface area contributed by atoms with Gasteiger partial charge in [0.15, 0.2) is 0 Å². The standard InChI is InChI=1S/C15H13NO5/c1-20-14(18)13-11(8-5-9-12(13)17)16-15(19)21-10-6-3-2-4-7-10/h2-9,17H,1H3,(H,16,19). The second-order valence-electron chi connectivity index (χ2n) is 4.02. The molecule has 0 fully saturated rings. The quantitative estimate of drug-likeness (QED) is 0.848. The molecule has 0 spiro atoms. The van der Waals surface area contributed by atoms with Gasteiger partial charge in [0, 0.05) is 0 Å². The molecule has 0 aromatic heterocycles. The summed E-state index contributed by atoms with van der Waals surface area (Å²) >= 11 is 0. The Morgan fingerprint density at radius 1 is 1.05 bits per heavy atom. The van der Waals surface area contributed by atoms with Gasteiger partial charge >= 0.3 is 12.1 Å². The van der Waals surface area contributed by atoms with Crippen molar-refractivity contribution in [2.75, 3.05) is 12.4 Å². The van der Waals surface area contributed by atoms with E-state index in [4.69, 9.17) is 4.74 Å². The Bertz CT molecular complexity index is 654. The minimum Gasteiger partial charge on any atom is -0.507 e. The molecule has 0 atom stereocenters. The summed E-state index contributed by atoms with van der Waals surface area (Å²) in [6.45, 7) is 0. The molecule has 2 aromatic carbocycles. The van der Waals surface area contributed by atoms with Crippen LogP contribution in [0.3, 0.4) is 0 Å². The van der Waals surface area contributed by atoms with Crippen LogP contribution in [0.25, 0.3) is 0 Å². The summed E-state index contributed by atoms with van der Waals surface area (Å²) in [5, 5.41) is 12.1. The summed E-state index contributed by atoms with van der Waals surface area (Å²) in [4.78, 5) is 23.4. The predicted octanol–water partition coefficient (Wildman–Crippen LogP) is 2.79. The minimum atomic E-state index is -0.781. The van der Waals surface area contributed by atoms with E-state index in [1.807, 2.05) is 0 Å². The van der Waals surface area contributed by atoms with Crippen molar-refractivity contribution in [3.8, 4) is 11.5 Å². The Hall–Kier alpha value is -3.02. The number of esters is 1. The molecule has 21 heavy (non-hydrogen) atoms. The molecule has 0 saturated heterocycles. The number of carbonyl (C=O) groups is 2. The lowest BCUT2D eigenvalue weighted by Gasteiger charge is -2.11. The van der Waals surface area contributed by atoms with Crippen molar-refractivity contribution in [2.45, 2.75) is 0 Å². The maximum Gasteiger partial charge on any atom is 0.417 e. The van der Waals surface area contributed by atoms with Gasteiger partial charge in [-0.1, -0.05) is 24.3 Å². The van der Waals surface area contributed by atoms with Gasteiger partial charge in [-0.25, -0.2) is 9.59 Å². The SMILES string of the molecule is COC(=O)c1c(O)cccc1NC(=O)Oc1ccccc1. The van der Waals surface area contributed by atoms with Crippen LogP contribution in [-0.4, -0.2) is 24.3 Å². The van der Waals surface area contributed by atoms with Crippen molar-refractivity contribution in [2.24, 2.45) is 0 Å². The number of phenolic OH excluding ortho intramolecular Hbond substituents is 1. The molecule has 108 valence electrons. The van der Waals surface area contributed by atoms with Crippen molar-refractivity contribution >= 4 is 17.7 Å². The third kappa shape index (κ3) is 3.50. The van der Waals surface area contributed by atoms with Crippen LogP contribution in [0.1, 0.15) is 10.4 Å². The van der Waals surface area contributed by atoms with Crippen molar-refractivity contribution in [1.29, 1.82) is 0 Å². The number of hydrogen-bond donors (Lipinski definition) is 2. The average molecular weight is 287 g/mol. The molecule has 0 saturated carbocycles. The highest BCUT2D eigenvalue weighted by Gasteiger charge is 2.18. The Morgan fingerprint density at radius 2 is 1.76 bits per heavy atom. The van der Waals surface area contributed by atoms with Crippen LogP contribution < -0.4 is 10.1 Å². The van der Waals surface area contributed by atoms with Crippen LogP contribution in [0.15, 0.2) is 48.5 Å². The summed E-state index contributed by atoms with van der Waals surface area (Å²) in [5.41, 5.74) is -0.0345. The van der Waals surface area contributed by atoms with E-state index in [2.05, 4.69) is 10.1 Å². The van der Waals surface area contributed by atoms with Crippen molar-refractivity contribution in [1.82, 2.24) is 0 Å². The van der Waals surface area contributed by atoms with E-state index >= 15 is 0 Å². The molecule has 2 aromatic rings. The Morgan fingerprint density at radius 3 is 2.43 bits per heavy atom. The molecule has 0 bridgehead atoms. The molecular weight excluding hydrogens is 274 g/mol. The van der Waals surface area contributed by atoms with Crippen molar-refractivity contribution < 1.29 is 24.2 Å². The van der Waals surface area contributed by atoms with E-state index in [1.54, 1.807) is 30.3 Å². The Labute approximate surface area is 120 Å². The topological polar surface area (TPSA) is 84.9 Å². The number of methoxy groups -OCH3 is 1. The number of hydrogen-bond acceptors (Lipinski definition) is 5.